The maximum absolute atomic E-state index is 9.23. The second-order valence-corrected chi connectivity index (χ2v) is 4.59. The molecule has 0 aliphatic heterocycles. The van der Waals surface area contributed by atoms with Crippen LogP contribution in [0.4, 0.5) is 0 Å². The standard InChI is InChI=1S/C7H16O6.2C3H8O3/c8-1-2-13-6(4-10)7(12)5(11)3-9;2*4-1-3(6)2-5/h5-12H,1-4H2;2*3-6H,1-2H2. The smallest absolute Gasteiger partial charge is 0.110 e. The van der Waals surface area contributed by atoms with Crippen molar-refractivity contribution in [2.24, 2.45) is 0 Å². The lowest BCUT2D eigenvalue weighted by atomic mass is 10.1. The summed E-state index contributed by atoms with van der Waals surface area (Å²) in [5.41, 5.74) is 0. The van der Waals surface area contributed by atoms with E-state index in [9.17, 15) is 5.11 Å². The van der Waals surface area contributed by atoms with Crippen LogP contribution in [0.1, 0.15) is 0 Å². The zero-order valence-electron chi connectivity index (χ0n) is 13.9. The highest BCUT2D eigenvalue weighted by Crippen LogP contribution is 2.03. The Hall–Kier alpha value is -0.480. The fourth-order valence-corrected chi connectivity index (χ4v) is 0.935. The van der Waals surface area contributed by atoms with Crippen molar-refractivity contribution in [3.8, 4) is 0 Å². The van der Waals surface area contributed by atoms with Gasteiger partial charge in [0.05, 0.1) is 52.9 Å². The van der Waals surface area contributed by atoms with Gasteiger partial charge >= 0.3 is 0 Å². The first kappa shape index (κ1) is 29.3. The normalized spacial score (nSPS) is 14.3. The summed E-state index contributed by atoms with van der Waals surface area (Å²) >= 11 is 0. The van der Waals surface area contributed by atoms with Gasteiger partial charge in [-0.25, -0.2) is 0 Å². The molecule has 3 atom stereocenters. The van der Waals surface area contributed by atoms with Gasteiger partial charge in [-0.15, -0.1) is 0 Å². The molecule has 0 aliphatic rings. The summed E-state index contributed by atoms with van der Waals surface area (Å²) in [6.07, 6.45) is -5.61. The average Bonchev–Trinajstić information content (AvgIpc) is 2.67. The molecule has 156 valence electrons. The van der Waals surface area contributed by atoms with Crippen molar-refractivity contribution < 1.29 is 60.9 Å². The highest BCUT2D eigenvalue weighted by atomic mass is 16.5. The van der Waals surface area contributed by atoms with Gasteiger partial charge in [0.15, 0.2) is 0 Å². The summed E-state index contributed by atoms with van der Waals surface area (Å²) < 4.78 is 4.80. The molecule has 3 unspecified atom stereocenters. The number of hydrogen-bond donors (Lipinski definition) is 11. The molecule has 0 bridgehead atoms. The SMILES string of the molecule is OCC(O)CO.OCC(O)CO.OCCOC(CO)C(O)C(O)CO. The molecule has 0 fully saturated rings. The highest BCUT2D eigenvalue weighted by Gasteiger charge is 2.25. The molecule has 0 saturated carbocycles. The summed E-state index contributed by atoms with van der Waals surface area (Å²) in [5, 5.41) is 91.8. The third kappa shape index (κ3) is 19.7. The summed E-state index contributed by atoms with van der Waals surface area (Å²) in [5.74, 6) is 0. The van der Waals surface area contributed by atoms with Gasteiger partial charge in [-0.1, -0.05) is 0 Å². The van der Waals surface area contributed by atoms with Crippen LogP contribution in [-0.4, -0.2) is 140 Å². The number of rotatable bonds is 11. The molecule has 0 radical (unpaired) electrons. The lowest BCUT2D eigenvalue weighted by molar-refractivity contribution is -0.120. The Labute approximate surface area is 145 Å². The van der Waals surface area contributed by atoms with Crippen molar-refractivity contribution in [3.05, 3.63) is 0 Å². The molecule has 0 heterocycles. The molecule has 12 heteroatoms. The number of aliphatic hydroxyl groups is 11. The number of hydrogen-bond acceptors (Lipinski definition) is 12. The Bertz CT molecular complexity index is 227. The van der Waals surface area contributed by atoms with E-state index in [-0.39, 0.29) is 39.6 Å². The molecule has 0 rings (SSSR count). The Balaban J connectivity index is -0.000000336. The van der Waals surface area contributed by atoms with Crippen LogP contribution in [0.15, 0.2) is 0 Å². The molecule has 0 spiro atoms. The van der Waals surface area contributed by atoms with Crippen LogP contribution < -0.4 is 0 Å². The molecule has 0 aromatic heterocycles. The lowest BCUT2D eigenvalue weighted by Gasteiger charge is -2.24. The third-order valence-electron chi connectivity index (χ3n) is 2.41. The molecule has 0 amide bonds. The van der Waals surface area contributed by atoms with E-state index in [0.717, 1.165) is 0 Å². The molecular weight excluding hydrogens is 348 g/mol. The zero-order valence-corrected chi connectivity index (χ0v) is 13.9. The Morgan fingerprint density at radius 2 is 0.960 bits per heavy atom. The fraction of sp³-hybridized carbons (Fsp3) is 1.00. The van der Waals surface area contributed by atoms with Crippen LogP contribution in [0, 0.1) is 0 Å². The maximum atomic E-state index is 9.23. The fourth-order valence-electron chi connectivity index (χ4n) is 0.935. The molecule has 0 aliphatic carbocycles. The molecule has 11 N–H and O–H groups in total. The first-order valence-electron chi connectivity index (χ1n) is 7.39. The Morgan fingerprint density at radius 1 is 0.560 bits per heavy atom. The zero-order chi connectivity index (χ0) is 20.3. The second-order valence-electron chi connectivity index (χ2n) is 4.59. The molecule has 0 aromatic carbocycles. The minimum Gasteiger partial charge on any atom is -0.394 e. The van der Waals surface area contributed by atoms with Gasteiger partial charge in [0.1, 0.15) is 30.5 Å². The monoisotopic (exact) mass is 380 g/mol. The van der Waals surface area contributed by atoms with Gasteiger partial charge in [-0.3, -0.25) is 0 Å². The predicted molar refractivity (Wildman–Crippen MR) is 83.4 cm³/mol. The minimum atomic E-state index is -1.36. The van der Waals surface area contributed by atoms with Gasteiger partial charge in [0, 0.05) is 0 Å². The van der Waals surface area contributed by atoms with E-state index in [0.29, 0.717) is 0 Å². The van der Waals surface area contributed by atoms with Crippen molar-refractivity contribution in [1.82, 2.24) is 0 Å². The predicted octanol–water partition coefficient (Wildman–Crippen LogP) is -6.27. The van der Waals surface area contributed by atoms with Crippen molar-refractivity contribution in [1.29, 1.82) is 0 Å². The first-order valence-corrected chi connectivity index (χ1v) is 7.39. The largest absolute Gasteiger partial charge is 0.394 e. The van der Waals surface area contributed by atoms with Gasteiger partial charge in [-0.05, 0) is 0 Å². The van der Waals surface area contributed by atoms with E-state index in [4.69, 9.17) is 55.8 Å². The summed E-state index contributed by atoms with van der Waals surface area (Å²) in [6.45, 7) is -2.84. The number of ether oxygens (including phenoxy) is 1. The van der Waals surface area contributed by atoms with Gasteiger partial charge in [0.2, 0.25) is 0 Å². The molecule has 25 heavy (non-hydrogen) atoms. The van der Waals surface area contributed by atoms with Crippen LogP contribution >= 0.6 is 0 Å². The van der Waals surface area contributed by atoms with E-state index in [2.05, 4.69) is 0 Å². The minimum absolute atomic E-state index is 0.0412. The first-order chi connectivity index (χ1) is 11.8. The van der Waals surface area contributed by atoms with Crippen LogP contribution in [-0.2, 0) is 4.74 Å². The van der Waals surface area contributed by atoms with Gasteiger partial charge in [-0.2, -0.15) is 0 Å². The average molecular weight is 380 g/mol. The summed E-state index contributed by atoms with van der Waals surface area (Å²) in [4.78, 5) is 0. The quantitative estimate of drug-likeness (QED) is 0.161. The Morgan fingerprint density at radius 3 is 1.16 bits per heavy atom. The van der Waals surface area contributed by atoms with Crippen LogP contribution in [0.25, 0.3) is 0 Å². The second kappa shape index (κ2) is 21.6. The van der Waals surface area contributed by atoms with Crippen molar-refractivity contribution in [2.45, 2.75) is 30.5 Å². The van der Waals surface area contributed by atoms with Gasteiger partial charge in [0.25, 0.3) is 0 Å². The van der Waals surface area contributed by atoms with Gasteiger partial charge < -0.3 is 60.9 Å². The van der Waals surface area contributed by atoms with E-state index < -0.39 is 43.7 Å². The van der Waals surface area contributed by atoms with E-state index in [1.54, 1.807) is 0 Å². The molecule has 0 saturated heterocycles. The van der Waals surface area contributed by atoms with Crippen molar-refractivity contribution in [3.63, 3.8) is 0 Å². The van der Waals surface area contributed by atoms with Crippen LogP contribution in [0.2, 0.25) is 0 Å². The number of aliphatic hydroxyl groups excluding tert-OH is 11. The maximum Gasteiger partial charge on any atom is 0.110 e. The Kier molecular flexibility index (Phi) is 25.3. The summed E-state index contributed by atoms with van der Waals surface area (Å²) in [6, 6.07) is 0. The topological polar surface area (TPSA) is 232 Å². The summed E-state index contributed by atoms with van der Waals surface area (Å²) in [7, 11) is 0. The van der Waals surface area contributed by atoms with Crippen LogP contribution in [0.5, 0.6) is 0 Å². The molecule has 12 nitrogen and oxygen atoms in total. The third-order valence-corrected chi connectivity index (χ3v) is 2.41. The van der Waals surface area contributed by atoms with E-state index in [1.807, 2.05) is 0 Å². The van der Waals surface area contributed by atoms with E-state index >= 15 is 0 Å². The molecular formula is C13H32O12. The lowest BCUT2D eigenvalue weighted by Crippen LogP contribution is -2.43. The highest BCUT2D eigenvalue weighted by molar-refractivity contribution is 4.75. The van der Waals surface area contributed by atoms with Crippen molar-refractivity contribution in [2.75, 3.05) is 52.9 Å². The molecule has 0 aromatic rings. The van der Waals surface area contributed by atoms with Crippen molar-refractivity contribution >= 4 is 0 Å². The van der Waals surface area contributed by atoms with Crippen LogP contribution in [0.3, 0.4) is 0 Å². The van der Waals surface area contributed by atoms with E-state index in [1.165, 1.54) is 0 Å².